The van der Waals surface area contributed by atoms with Gasteiger partial charge in [-0.3, -0.25) is 4.98 Å². The summed E-state index contributed by atoms with van der Waals surface area (Å²) in [6, 6.07) is 5.62. The van der Waals surface area contributed by atoms with Crippen molar-refractivity contribution in [2.24, 2.45) is 0 Å². The molecule has 0 N–H and O–H groups in total. The zero-order valence-electron chi connectivity index (χ0n) is 12.2. The average molecular weight is 280 g/mol. The number of aromatic nitrogens is 4. The smallest absolute Gasteiger partial charge is 0.259 e. The minimum Gasteiger partial charge on any atom is -0.259 e. The zero-order valence-corrected chi connectivity index (χ0v) is 12.2. The molecule has 3 aromatic rings. The van der Waals surface area contributed by atoms with Crippen molar-refractivity contribution < 1.29 is 0 Å². The van der Waals surface area contributed by atoms with E-state index in [2.05, 4.69) is 28.8 Å². The van der Waals surface area contributed by atoms with Gasteiger partial charge in [0.2, 0.25) is 0 Å². The molecule has 106 valence electrons. The number of nitrogens with zero attached hydrogens (tertiary/aromatic N) is 4. The fourth-order valence-corrected chi connectivity index (χ4v) is 2.46. The Morgan fingerprint density at radius 2 is 1.90 bits per heavy atom. The van der Waals surface area contributed by atoms with Gasteiger partial charge in [-0.2, -0.15) is 0 Å². The molecule has 0 amide bonds. The van der Waals surface area contributed by atoms with Crippen molar-refractivity contribution in [2.75, 3.05) is 0 Å². The van der Waals surface area contributed by atoms with E-state index in [9.17, 15) is 4.79 Å². The van der Waals surface area contributed by atoms with Crippen molar-refractivity contribution in [1.29, 1.82) is 0 Å². The largest absolute Gasteiger partial charge is 0.353 e. The van der Waals surface area contributed by atoms with Gasteiger partial charge in [0.05, 0.1) is 11.4 Å². The van der Waals surface area contributed by atoms with Crippen LogP contribution in [0.5, 0.6) is 0 Å². The van der Waals surface area contributed by atoms with Gasteiger partial charge in [0.15, 0.2) is 0 Å². The molecular formula is C16H16N4O. The Hall–Kier alpha value is -2.56. The summed E-state index contributed by atoms with van der Waals surface area (Å²) in [7, 11) is 0. The first kappa shape index (κ1) is 13.4. The summed E-state index contributed by atoms with van der Waals surface area (Å²) in [5, 5.41) is 0.829. The third-order valence-electron chi connectivity index (χ3n) is 3.46. The second-order valence-corrected chi connectivity index (χ2v) is 5.31. The Kier molecular flexibility index (Phi) is 3.25. The van der Waals surface area contributed by atoms with Gasteiger partial charge >= 0.3 is 5.69 Å². The predicted molar refractivity (Wildman–Crippen MR) is 81.8 cm³/mol. The monoisotopic (exact) mass is 280 g/mol. The Morgan fingerprint density at radius 3 is 2.67 bits per heavy atom. The molecule has 0 aliphatic carbocycles. The number of aryl methyl sites for hydroxylation is 1. The van der Waals surface area contributed by atoms with E-state index in [0.29, 0.717) is 5.65 Å². The molecule has 0 aromatic carbocycles. The molecule has 3 heterocycles. The molecule has 21 heavy (non-hydrogen) atoms. The molecule has 0 fully saturated rings. The lowest BCUT2D eigenvalue weighted by Crippen LogP contribution is -2.24. The second-order valence-electron chi connectivity index (χ2n) is 5.31. The van der Waals surface area contributed by atoms with E-state index in [-0.39, 0.29) is 11.6 Å². The van der Waals surface area contributed by atoms with E-state index in [1.807, 2.05) is 25.1 Å². The molecule has 0 aliphatic heterocycles. The summed E-state index contributed by atoms with van der Waals surface area (Å²) in [5.41, 5.74) is 2.91. The predicted octanol–water partition coefficient (Wildman–Crippen LogP) is 2.61. The second kappa shape index (κ2) is 5.09. The molecule has 0 spiro atoms. The molecule has 0 radical (unpaired) electrons. The van der Waals surface area contributed by atoms with Crippen molar-refractivity contribution in [3.8, 4) is 5.69 Å². The summed E-state index contributed by atoms with van der Waals surface area (Å²) in [6.07, 6.45) is 5.01. The Balaban J connectivity index is 2.47. The van der Waals surface area contributed by atoms with Crippen molar-refractivity contribution in [2.45, 2.75) is 26.7 Å². The van der Waals surface area contributed by atoms with Gasteiger partial charge in [-0.05, 0) is 36.6 Å². The summed E-state index contributed by atoms with van der Waals surface area (Å²) in [6.45, 7) is 6.09. The van der Waals surface area contributed by atoms with Gasteiger partial charge in [-0.1, -0.05) is 13.8 Å². The van der Waals surface area contributed by atoms with E-state index in [4.69, 9.17) is 0 Å². The molecule has 0 unspecified atom stereocenters. The minimum absolute atomic E-state index is 0.200. The van der Waals surface area contributed by atoms with Gasteiger partial charge in [-0.25, -0.2) is 19.3 Å². The summed E-state index contributed by atoms with van der Waals surface area (Å²) < 4.78 is 1.56. The van der Waals surface area contributed by atoms with E-state index in [1.54, 1.807) is 23.2 Å². The highest BCUT2D eigenvalue weighted by atomic mass is 16.1. The third-order valence-corrected chi connectivity index (χ3v) is 3.46. The van der Waals surface area contributed by atoms with Crippen LogP contribution in [-0.4, -0.2) is 19.5 Å². The van der Waals surface area contributed by atoms with Crippen LogP contribution in [0.25, 0.3) is 16.7 Å². The van der Waals surface area contributed by atoms with Crippen LogP contribution in [0.4, 0.5) is 0 Å². The number of rotatable bonds is 2. The first-order valence-electron chi connectivity index (χ1n) is 6.88. The lowest BCUT2D eigenvalue weighted by Gasteiger charge is -2.16. The lowest BCUT2D eigenvalue weighted by atomic mass is 10.0. The number of pyridine rings is 2. The van der Waals surface area contributed by atoms with Gasteiger partial charge in [0.25, 0.3) is 0 Å². The Morgan fingerprint density at radius 1 is 1.10 bits per heavy atom. The van der Waals surface area contributed by atoms with E-state index in [0.717, 1.165) is 22.3 Å². The fraction of sp³-hybridized carbons (Fsp3) is 0.250. The van der Waals surface area contributed by atoms with E-state index in [1.165, 1.54) is 0 Å². The molecule has 0 aliphatic rings. The number of hydrogen-bond acceptors (Lipinski definition) is 4. The summed E-state index contributed by atoms with van der Waals surface area (Å²) in [4.78, 5) is 25.1. The average Bonchev–Trinajstić information content (AvgIpc) is 2.47. The molecule has 0 saturated carbocycles. The number of hydrogen-bond donors (Lipinski definition) is 0. The molecule has 3 rings (SSSR count). The van der Waals surface area contributed by atoms with Crippen LogP contribution in [0.3, 0.4) is 0 Å². The lowest BCUT2D eigenvalue weighted by molar-refractivity contribution is 0.790. The van der Waals surface area contributed by atoms with Gasteiger partial charge in [0.1, 0.15) is 5.65 Å². The van der Waals surface area contributed by atoms with Crippen LogP contribution < -0.4 is 5.69 Å². The van der Waals surface area contributed by atoms with Crippen molar-refractivity contribution >= 4 is 11.0 Å². The summed E-state index contributed by atoms with van der Waals surface area (Å²) >= 11 is 0. The van der Waals surface area contributed by atoms with Crippen molar-refractivity contribution in [3.05, 3.63) is 58.5 Å². The normalized spacial score (nSPS) is 11.2. The maximum absolute atomic E-state index is 12.3. The van der Waals surface area contributed by atoms with Crippen LogP contribution in [-0.2, 0) is 0 Å². The maximum Gasteiger partial charge on any atom is 0.353 e. The van der Waals surface area contributed by atoms with E-state index < -0.39 is 0 Å². The van der Waals surface area contributed by atoms with Crippen LogP contribution in [0, 0.1) is 6.92 Å². The Bertz CT molecular complexity index is 868. The van der Waals surface area contributed by atoms with Crippen LogP contribution >= 0.6 is 0 Å². The zero-order chi connectivity index (χ0) is 15.0. The molecule has 0 saturated heterocycles. The fourth-order valence-electron chi connectivity index (χ4n) is 2.46. The van der Waals surface area contributed by atoms with Gasteiger partial charge in [0, 0.05) is 24.0 Å². The van der Waals surface area contributed by atoms with Gasteiger partial charge < -0.3 is 0 Å². The first-order valence-corrected chi connectivity index (χ1v) is 6.88. The molecule has 0 bridgehead atoms. The van der Waals surface area contributed by atoms with Gasteiger partial charge in [-0.15, -0.1) is 0 Å². The first-order chi connectivity index (χ1) is 10.1. The Labute approximate surface area is 122 Å². The molecule has 3 aromatic heterocycles. The van der Waals surface area contributed by atoms with E-state index >= 15 is 0 Å². The molecule has 5 nitrogen and oxygen atoms in total. The standard InChI is InChI=1S/C16H16N4O/c1-10(2)13-14(11(3)6-8-17-13)20-15-12(5-4-7-18-15)9-19-16(20)21/h4-10H,1-3H3. The highest BCUT2D eigenvalue weighted by molar-refractivity contribution is 5.75. The summed E-state index contributed by atoms with van der Waals surface area (Å²) in [5.74, 6) is 0.200. The maximum atomic E-state index is 12.3. The van der Waals surface area contributed by atoms with Crippen LogP contribution in [0.2, 0.25) is 0 Å². The highest BCUT2D eigenvalue weighted by Crippen LogP contribution is 2.24. The van der Waals surface area contributed by atoms with Crippen LogP contribution in [0.15, 0.2) is 41.6 Å². The minimum atomic E-state index is -0.334. The quantitative estimate of drug-likeness (QED) is 0.724. The van der Waals surface area contributed by atoms with Crippen LogP contribution in [0.1, 0.15) is 31.0 Å². The van der Waals surface area contributed by atoms with Crippen molar-refractivity contribution in [1.82, 2.24) is 19.5 Å². The SMILES string of the molecule is Cc1ccnc(C(C)C)c1-n1c(=O)ncc2cccnc21. The van der Waals surface area contributed by atoms with Crippen molar-refractivity contribution in [3.63, 3.8) is 0 Å². The molecule has 5 heteroatoms. The third kappa shape index (κ3) is 2.20. The topological polar surface area (TPSA) is 60.7 Å². The molecule has 0 atom stereocenters. The highest BCUT2D eigenvalue weighted by Gasteiger charge is 2.16. The number of fused-ring (bicyclic) bond motifs is 1. The molecular weight excluding hydrogens is 264 g/mol.